The molecule has 1 aromatic heterocycles. The number of nitrogens with one attached hydrogen (secondary N) is 1. The largest absolute Gasteiger partial charge is 0.369 e. The van der Waals surface area contributed by atoms with Crippen LogP contribution in [0.2, 0.25) is 0 Å². The van der Waals surface area contributed by atoms with E-state index in [9.17, 15) is 5.26 Å². The molecule has 1 aliphatic heterocycles. The molecule has 3 rings (SSSR count). The van der Waals surface area contributed by atoms with E-state index in [0.717, 1.165) is 31.7 Å². The van der Waals surface area contributed by atoms with Crippen molar-refractivity contribution < 1.29 is 0 Å². The quantitative estimate of drug-likeness (QED) is 0.923. The molecule has 1 aliphatic carbocycles. The average Bonchev–Trinajstić information content (AvgIpc) is 3.12. The molecule has 1 N–H and O–H groups in total. The third-order valence-electron chi connectivity index (χ3n) is 4.78. The number of pyridine rings is 1. The number of nitrogens with zero attached hydrogens (tertiary/aromatic N) is 3. The minimum atomic E-state index is 0.628. The Bertz CT molecular complexity index is 559. The maximum atomic E-state index is 9.32. The third kappa shape index (κ3) is 3.03. The molecule has 0 radical (unpaired) electrons. The predicted molar refractivity (Wildman–Crippen MR) is 84.3 cm³/mol. The van der Waals surface area contributed by atoms with Crippen LogP contribution in [0.15, 0.2) is 6.07 Å². The van der Waals surface area contributed by atoms with Gasteiger partial charge in [-0.05, 0) is 63.6 Å². The fraction of sp³-hybridized carbons (Fsp3) is 0.647. The number of hydrogen-bond donors (Lipinski definition) is 1. The van der Waals surface area contributed by atoms with Crippen LogP contribution in [0.25, 0.3) is 0 Å². The summed E-state index contributed by atoms with van der Waals surface area (Å²) in [5.74, 6) is 1.45. The zero-order valence-electron chi connectivity index (χ0n) is 13.0. The average molecular weight is 284 g/mol. The molecule has 4 heteroatoms. The maximum Gasteiger partial charge on any atom is 0.144 e. The van der Waals surface area contributed by atoms with Crippen LogP contribution in [0.4, 0.5) is 5.82 Å². The smallest absolute Gasteiger partial charge is 0.144 e. The van der Waals surface area contributed by atoms with E-state index in [0.29, 0.717) is 17.5 Å². The van der Waals surface area contributed by atoms with Crippen LogP contribution in [-0.4, -0.2) is 35.6 Å². The van der Waals surface area contributed by atoms with Crippen molar-refractivity contribution in [3.8, 4) is 6.07 Å². The molecule has 0 saturated carbocycles. The summed E-state index contributed by atoms with van der Waals surface area (Å²) in [6, 6.07) is 4.95. The number of aryl methyl sites for hydroxylation is 2. The highest BCUT2D eigenvalue weighted by molar-refractivity contribution is 5.55. The number of nitriles is 1. The van der Waals surface area contributed by atoms with Gasteiger partial charge in [-0.15, -0.1) is 0 Å². The van der Waals surface area contributed by atoms with Gasteiger partial charge in [-0.3, -0.25) is 0 Å². The first-order chi connectivity index (χ1) is 10.2. The molecular weight excluding hydrogens is 260 g/mol. The molecular formula is C17H24N4. The van der Waals surface area contributed by atoms with E-state index in [4.69, 9.17) is 4.98 Å². The van der Waals surface area contributed by atoms with E-state index in [1.54, 1.807) is 0 Å². The Kier molecular flexibility index (Phi) is 4.12. The van der Waals surface area contributed by atoms with Crippen LogP contribution in [0.3, 0.4) is 0 Å². The van der Waals surface area contributed by atoms with Gasteiger partial charge in [0.05, 0.1) is 5.56 Å². The maximum absolute atomic E-state index is 9.32. The van der Waals surface area contributed by atoms with Gasteiger partial charge in [-0.25, -0.2) is 4.98 Å². The Morgan fingerprint density at radius 1 is 1.48 bits per heavy atom. The Labute approximate surface area is 127 Å². The van der Waals surface area contributed by atoms with Gasteiger partial charge in [0.25, 0.3) is 0 Å². The zero-order chi connectivity index (χ0) is 14.8. The highest BCUT2D eigenvalue weighted by atomic mass is 15.2. The lowest BCUT2D eigenvalue weighted by molar-refractivity contribution is 0.266. The Morgan fingerprint density at radius 3 is 3.05 bits per heavy atom. The van der Waals surface area contributed by atoms with Gasteiger partial charge in [0.1, 0.15) is 11.9 Å². The lowest BCUT2D eigenvalue weighted by Gasteiger charge is -2.20. The summed E-state index contributed by atoms with van der Waals surface area (Å²) < 4.78 is 0. The number of likely N-dealkylation sites (tertiary alicyclic amines) is 1. The van der Waals surface area contributed by atoms with Gasteiger partial charge in [-0.2, -0.15) is 5.26 Å². The molecule has 0 amide bonds. The molecule has 2 heterocycles. The van der Waals surface area contributed by atoms with E-state index in [-0.39, 0.29) is 0 Å². The minimum absolute atomic E-state index is 0.628. The van der Waals surface area contributed by atoms with E-state index >= 15 is 0 Å². The summed E-state index contributed by atoms with van der Waals surface area (Å²) >= 11 is 0. The van der Waals surface area contributed by atoms with Gasteiger partial charge in [0, 0.05) is 24.8 Å². The summed E-state index contributed by atoms with van der Waals surface area (Å²) in [5, 5.41) is 12.8. The molecule has 1 fully saturated rings. The molecule has 0 aromatic carbocycles. The van der Waals surface area contributed by atoms with E-state index in [1.807, 2.05) is 6.07 Å². The van der Waals surface area contributed by atoms with Gasteiger partial charge in [0.2, 0.25) is 0 Å². The SMILES string of the molecule is CC(C)N1CCC(CNc2nc3c(cc2C#N)CCC3)C1. The van der Waals surface area contributed by atoms with Crippen molar-refractivity contribution in [1.82, 2.24) is 9.88 Å². The van der Waals surface area contributed by atoms with Crippen molar-refractivity contribution in [2.45, 2.75) is 45.6 Å². The van der Waals surface area contributed by atoms with Gasteiger partial charge >= 0.3 is 0 Å². The summed E-state index contributed by atoms with van der Waals surface area (Å²) in [4.78, 5) is 7.21. The minimum Gasteiger partial charge on any atom is -0.369 e. The van der Waals surface area contributed by atoms with Gasteiger partial charge < -0.3 is 10.2 Å². The van der Waals surface area contributed by atoms with Crippen LogP contribution in [0.1, 0.15) is 43.5 Å². The second kappa shape index (κ2) is 6.03. The van der Waals surface area contributed by atoms with Crippen molar-refractivity contribution in [1.29, 1.82) is 5.26 Å². The molecule has 1 unspecified atom stereocenters. The lowest BCUT2D eigenvalue weighted by atomic mass is 10.1. The van der Waals surface area contributed by atoms with Crippen molar-refractivity contribution in [3.05, 3.63) is 22.9 Å². The first-order valence-corrected chi connectivity index (χ1v) is 8.08. The normalized spacial score (nSPS) is 21.5. The predicted octanol–water partition coefficient (Wildman–Crippen LogP) is 2.58. The monoisotopic (exact) mass is 284 g/mol. The van der Waals surface area contributed by atoms with Crippen LogP contribution < -0.4 is 5.32 Å². The number of fused-ring (bicyclic) bond motifs is 1. The molecule has 2 aliphatic rings. The summed E-state index contributed by atoms with van der Waals surface area (Å²) in [5.41, 5.74) is 3.16. The van der Waals surface area contributed by atoms with Crippen molar-refractivity contribution in [2.75, 3.05) is 25.0 Å². The van der Waals surface area contributed by atoms with Crippen LogP contribution in [0.5, 0.6) is 0 Å². The fourth-order valence-electron chi connectivity index (χ4n) is 3.43. The molecule has 1 saturated heterocycles. The van der Waals surface area contributed by atoms with Crippen molar-refractivity contribution in [2.24, 2.45) is 5.92 Å². The Hall–Kier alpha value is -1.60. The second-order valence-corrected chi connectivity index (χ2v) is 6.58. The standard InChI is InChI=1S/C17H24N4/c1-12(2)21-7-6-13(11-21)10-19-17-15(9-18)8-14-4-3-5-16(14)20-17/h8,12-13H,3-7,10-11H2,1-2H3,(H,19,20). The zero-order valence-corrected chi connectivity index (χ0v) is 13.0. The molecule has 112 valence electrons. The summed E-state index contributed by atoms with van der Waals surface area (Å²) in [6.07, 6.45) is 4.53. The summed E-state index contributed by atoms with van der Waals surface area (Å²) in [7, 11) is 0. The Morgan fingerprint density at radius 2 is 2.33 bits per heavy atom. The molecule has 1 aromatic rings. The fourth-order valence-corrected chi connectivity index (χ4v) is 3.43. The van der Waals surface area contributed by atoms with E-state index in [2.05, 4.69) is 30.1 Å². The van der Waals surface area contributed by atoms with Crippen molar-refractivity contribution >= 4 is 5.82 Å². The third-order valence-corrected chi connectivity index (χ3v) is 4.78. The van der Waals surface area contributed by atoms with Crippen LogP contribution in [0, 0.1) is 17.2 Å². The molecule has 1 atom stereocenters. The number of hydrogen-bond acceptors (Lipinski definition) is 4. The van der Waals surface area contributed by atoms with Gasteiger partial charge in [-0.1, -0.05) is 0 Å². The topological polar surface area (TPSA) is 52.0 Å². The number of anilines is 1. The second-order valence-electron chi connectivity index (χ2n) is 6.58. The highest BCUT2D eigenvalue weighted by Crippen LogP contribution is 2.26. The number of aromatic nitrogens is 1. The van der Waals surface area contributed by atoms with E-state index < -0.39 is 0 Å². The number of rotatable bonds is 4. The lowest BCUT2D eigenvalue weighted by Crippen LogP contribution is -2.29. The van der Waals surface area contributed by atoms with E-state index in [1.165, 1.54) is 30.6 Å². The molecule has 0 bridgehead atoms. The molecule has 21 heavy (non-hydrogen) atoms. The molecule has 0 spiro atoms. The van der Waals surface area contributed by atoms with Crippen molar-refractivity contribution in [3.63, 3.8) is 0 Å². The van der Waals surface area contributed by atoms with Gasteiger partial charge in [0.15, 0.2) is 0 Å². The first kappa shape index (κ1) is 14.3. The van der Waals surface area contributed by atoms with Crippen LogP contribution in [-0.2, 0) is 12.8 Å². The Balaban J connectivity index is 1.65. The first-order valence-electron chi connectivity index (χ1n) is 8.08. The highest BCUT2D eigenvalue weighted by Gasteiger charge is 2.24. The van der Waals surface area contributed by atoms with Crippen LogP contribution >= 0.6 is 0 Å². The molecule has 4 nitrogen and oxygen atoms in total. The summed E-state index contributed by atoms with van der Waals surface area (Å²) in [6.45, 7) is 7.77.